The molecule has 2 amide bonds. The molecule has 2 aromatic heterocycles. The number of aromatic nitrogens is 2. The molecule has 4 rings (SSSR count). The Hall–Kier alpha value is -3.75. The smallest absolute Gasteiger partial charge is 0.252 e. The van der Waals surface area contributed by atoms with Crippen LogP contribution in [0.15, 0.2) is 42.6 Å². The van der Waals surface area contributed by atoms with E-state index in [1.54, 1.807) is 12.3 Å². The Kier molecular flexibility index (Phi) is 5.18. The van der Waals surface area contributed by atoms with Crippen LogP contribution in [0.4, 0.5) is 21.7 Å². The lowest BCUT2D eigenvalue weighted by Gasteiger charge is -2.18. The third kappa shape index (κ3) is 4.29. The molecular formula is C21H21FN6O2. The lowest BCUT2D eigenvalue weighted by Crippen LogP contribution is -2.36. The molecule has 0 bridgehead atoms. The Balaban J connectivity index is 1.66. The van der Waals surface area contributed by atoms with E-state index in [4.69, 9.17) is 11.5 Å². The number of benzene rings is 1. The number of nitrogens with zero attached hydrogens (tertiary/aromatic N) is 2. The van der Waals surface area contributed by atoms with Crippen LogP contribution in [-0.2, 0) is 4.79 Å². The van der Waals surface area contributed by atoms with Gasteiger partial charge in [0, 0.05) is 17.3 Å². The molecule has 1 fully saturated rings. The fourth-order valence-corrected chi connectivity index (χ4v) is 3.26. The summed E-state index contributed by atoms with van der Waals surface area (Å²) in [7, 11) is 0. The topological polar surface area (TPSA) is 136 Å². The van der Waals surface area contributed by atoms with Gasteiger partial charge in [-0.3, -0.25) is 14.6 Å². The van der Waals surface area contributed by atoms with Crippen molar-refractivity contribution >= 4 is 40.0 Å². The van der Waals surface area contributed by atoms with Crippen molar-refractivity contribution in [2.45, 2.75) is 25.3 Å². The maximum atomic E-state index is 14.6. The minimum atomic E-state index is -0.831. The summed E-state index contributed by atoms with van der Waals surface area (Å²) in [5, 5.41) is 6.66. The zero-order valence-corrected chi connectivity index (χ0v) is 16.1. The van der Waals surface area contributed by atoms with Crippen molar-refractivity contribution < 1.29 is 14.0 Å². The standard InChI is InChI=1S/C21H21FN6O2/c22-15-10-14(18(23)29)20(26-13-5-6-16-12(9-13)2-1-7-25-16)28-21(15)27-17(19(24)30)8-11-3-4-11/h1-2,5-7,9-11,17H,3-4,8H2,(H2,23,29)(H2,24,30)(H2,26,27,28). The number of carbonyl (C=O) groups excluding carboxylic acids is 2. The van der Waals surface area contributed by atoms with Crippen molar-refractivity contribution in [1.82, 2.24) is 9.97 Å². The fourth-order valence-electron chi connectivity index (χ4n) is 3.26. The number of fused-ring (bicyclic) bond motifs is 1. The lowest BCUT2D eigenvalue weighted by molar-refractivity contribution is -0.118. The zero-order chi connectivity index (χ0) is 21.3. The third-order valence-corrected chi connectivity index (χ3v) is 5.03. The van der Waals surface area contributed by atoms with E-state index in [0.717, 1.165) is 29.8 Å². The Bertz CT molecular complexity index is 1130. The summed E-state index contributed by atoms with van der Waals surface area (Å²) in [4.78, 5) is 32.1. The summed E-state index contributed by atoms with van der Waals surface area (Å²) >= 11 is 0. The van der Waals surface area contributed by atoms with Gasteiger partial charge < -0.3 is 22.1 Å². The van der Waals surface area contributed by atoms with Crippen molar-refractivity contribution in [3.05, 3.63) is 54.0 Å². The summed E-state index contributed by atoms with van der Waals surface area (Å²) in [6.45, 7) is 0. The molecule has 1 aliphatic rings. The Morgan fingerprint density at radius 1 is 1.17 bits per heavy atom. The summed E-state index contributed by atoms with van der Waals surface area (Å²) < 4.78 is 14.6. The van der Waals surface area contributed by atoms with E-state index >= 15 is 0 Å². The molecule has 0 saturated heterocycles. The van der Waals surface area contributed by atoms with Crippen LogP contribution >= 0.6 is 0 Å². The minimum Gasteiger partial charge on any atom is -0.368 e. The first-order valence-electron chi connectivity index (χ1n) is 9.58. The van der Waals surface area contributed by atoms with Crippen molar-refractivity contribution in [3.63, 3.8) is 0 Å². The number of amides is 2. The van der Waals surface area contributed by atoms with Crippen LogP contribution in [-0.4, -0.2) is 27.8 Å². The SMILES string of the molecule is NC(=O)c1cc(F)c(NC(CC2CC2)C(N)=O)nc1Nc1ccc2ncccc2c1. The Morgan fingerprint density at radius 2 is 1.97 bits per heavy atom. The molecule has 154 valence electrons. The van der Waals surface area contributed by atoms with Gasteiger partial charge in [0.15, 0.2) is 11.6 Å². The van der Waals surface area contributed by atoms with Gasteiger partial charge in [-0.2, -0.15) is 0 Å². The van der Waals surface area contributed by atoms with E-state index < -0.39 is 23.7 Å². The highest BCUT2D eigenvalue weighted by atomic mass is 19.1. The van der Waals surface area contributed by atoms with Crippen LogP contribution in [0.3, 0.4) is 0 Å². The van der Waals surface area contributed by atoms with E-state index in [2.05, 4.69) is 20.6 Å². The number of nitrogens with one attached hydrogen (secondary N) is 2. The molecule has 9 heteroatoms. The highest BCUT2D eigenvalue weighted by Gasteiger charge is 2.29. The van der Waals surface area contributed by atoms with Gasteiger partial charge in [0.05, 0.1) is 11.1 Å². The van der Waals surface area contributed by atoms with Gasteiger partial charge in [-0.05, 0) is 42.7 Å². The number of nitrogens with two attached hydrogens (primary N) is 2. The van der Waals surface area contributed by atoms with Crippen molar-refractivity contribution in [1.29, 1.82) is 0 Å². The second-order valence-corrected chi connectivity index (χ2v) is 7.39. The molecule has 1 atom stereocenters. The quantitative estimate of drug-likeness (QED) is 0.452. The molecule has 1 aliphatic carbocycles. The average Bonchev–Trinajstić information content (AvgIpc) is 3.53. The Labute approximate surface area is 171 Å². The van der Waals surface area contributed by atoms with Crippen LogP contribution in [0.25, 0.3) is 10.9 Å². The van der Waals surface area contributed by atoms with Crippen molar-refractivity contribution in [2.75, 3.05) is 10.6 Å². The monoisotopic (exact) mass is 408 g/mol. The number of primary amides is 2. The molecular weight excluding hydrogens is 387 g/mol. The first-order chi connectivity index (χ1) is 14.4. The van der Waals surface area contributed by atoms with Gasteiger partial charge in [-0.25, -0.2) is 9.37 Å². The number of hydrogen-bond acceptors (Lipinski definition) is 6. The number of anilines is 3. The van der Waals surface area contributed by atoms with Crippen molar-refractivity contribution in [2.24, 2.45) is 17.4 Å². The van der Waals surface area contributed by atoms with Crippen LogP contribution in [0.2, 0.25) is 0 Å². The second kappa shape index (κ2) is 7.94. The first kappa shape index (κ1) is 19.6. The van der Waals surface area contributed by atoms with Crippen LogP contribution < -0.4 is 22.1 Å². The van der Waals surface area contributed by atoms with Gasteiger partial charge in [0.25, 0.3) is 5.91 Å². The zero-order valence-electron chi connectivity index (χ0n) is 16.1. The number of rotatable bonds is 8. The molecule has 1 unspecified atom stereocenters. The number of carbonyl (C=O) groups is 2. The highest BCUT2D eigenvalue weighted by molar-refractivity contribution is 5.99. The van der Waals surface area contributed by atoms with E-state index in [0.29, 0.717) is 18.0 Å². The van der Waals surface area contributed by atoms with Gasteiger partial charge in [-0.1, -0.05) is 18.9 Å². The molecule has 0 radical (unpaired) electrons. The predicted molar refractivity (Wildman–Crippen MR) is 112 cm³/mol. The molecule has 0 spiro atoms. The first-order valence-corrected chi connectivity index (χ1v) is 9.58. The highest BCUT2D eigenvalue weighted by Crippen LogP contribution is 2.34. The van der Waals surface area contributed by atoms with E-state index in [9.17, 15) is 14.0 Å². The molecule has 0 aliphatic heterocycles. The van der Waals surface area contributed by atoms with E-state index in [1.165, 1.54) is 0 Å². The molecule has 30 heavy (non-hydrogen) atoms. The van der Waals surface area contributed by atoms with Crippen molar-refractivity contribution in [3.8, 4) is 0 Å². The summed E-state index contributed by atoms with van der Waals surface area (Å²) in [6.07, 6.45) is 4.24. The van der Waals surface area contributed by atoms with Gasteiger partial charge >= 0.3 is 0 Å². The molecule has 8 nitrogen and oxygen atoms in total. The van der Waals surface area contributed by atoms with Crippen LogP contribution in [0.1, 0.15) is 29.6 Å². The number of pyridine rings is 2. The summed E-state index contributed by atoms with van der Waals surface area (Å²) in [6, 6.07) is 9.34. The molecule has 3 aromatic rings. The van der Waals surface area contributed by atoms with E-state index in [1.807, 2.05) is 24.3 Å². The van der Waals surface area contributed by atoms with Gasteiger partial charge in [0.1, 0.15) is 11.9 Å². The molecule has 1 saturated carbocycles. The molecule has 6 N–H and O–H groups in total. The normalized spacial score (nSPS) is 14.3. The largest absolute Gasteiger partial charge is 0.368 e. The fraction of sp³-hybridized carbons (Fsp3) is 0.238. The second-order valence-electron chi connectivity index (χ2n) is 7.39. The molecule has 2 heterocycles. The summed E-state index contributed by atoms with van der Waals surface area (Å²) in [5.74, 6) is -1.91. The third-order valence-electron chi connectivity index (χ3n) is 5.03. The van der Waals surface area contributed by atoms with Gasteiger partial charge in [0.2, 0.25) is 5.91 Å². The minimum absolute atomic E-state index is 0.0734. The van der Waals surface area contributed by atoms with E-state index in [-0.39, 0.29) is 17.2 Å². The summed E-state index contributed by atoms with van der Waals surface area (Å²) in [5.41, 5.74) is 12.2. The number of hydrogen-bond donors (Lipinski definition) is 4. The predicted octanol–water partition coefficient (Wildman–Crippen LogP) is 2.68. The molecule has 1 aromatic carbocycles. The van der Waals surface area contributed by atoms with Gasteiger partial charge in [-0.15, -0.1) is 0 Å². The maximum Gasteiger partial charge on any atom is 0.252 e. The number of halogens is 1. The lowest BCUT2D eigenvalue weighted by atomic mass is 10.1. The Morgan fingerprint density at radius 3 is 2.67 bits per heavy atom. The van der Waals surface area contributed by atoms with Crippen LogP contribution in [0, 0.1) is 11.7 Å². The average molecular weight is 408 g/mol. The van der Waals surface area contributed by atoms with Crippen LogP contribution in [0.5, 0.6) is 0 Å². The maximum absolute atomic E-state index is 14.6.